The molecule has 2 amide bonds. The largest absolute Gasteiger partial charge is 0.346 e. The lowest BCUT2D eigenvalue weighted by molar-refractivity contribution is 0.0705. The highest BCUT2D eigenvalue weighted by atomic mass is 16.2. The molecule has 38 heavy (non-hydrogen) atoms. The van der Waals surface area contributed by atoms with E-state index >= 15 is 0 Å². The molecule has 5 aromatic heterocycles. The van der Waals surface area contributed by atoms with Gasteiger partial charge in [0.25, 0.3) is 11.8 Å². The van der Waals surface area contributed by atoms with Crippen LogP contribution in [0.1, 0.15) is 51.5 Å². The maximum Gasteiger partial charge on any atom is 0.257 e. The van der Waals surface area contributed by atoms with Crippen LogP contribution in [0.25, 0.3) is 27.7 Å². The molecule has 0 unspecified atom stereocenters. The first-order valence-corrected chi connectivity index (χ1v) is 13.1. The first kappa shape index (κ1) is 22.7. The highest BCUT2D eigenvalue weighted by Gasteiger charge is 2.25. The minimum absolute atomic E-state index is 0.0303. The van der Waals surface area contributed by atoms with Crippen molar-refractivity contribution in [3.8, 4) is 11.1 Å². The fraction of sp³-hybridized carbons (Fsp3) is 0.321. The average molecular weight is 509 g/mol. The maximum atomic E-state index is 13.4. The third-order valence-electron chi connectivity index (χ3n) is 7.69. The van der Waals surface area contributed by atoms with Crippen molar-refractivity contribution in [3.63, 3.8) is 0 Å². The van der Waals surface area contributed by atoms with Gasteiger partial charge in [0.15, 0.2) is 0 Å². The number of piperidine rings is 1. The number of likely N-dealkylation sites (tertiary alicyclic amines) is 1. The van der Waals surface area contributed by atoms with E-state index in [2.05, 4.69) is 24.6 Å². The molecule has 10 nitrogen and oxygen atoms in total. The first-order valence-electron chi connectivity index (χ1n) is 13.1. The molecule has 7 heterocycles. The summed E-state index contributed by atoms with van der Waals surface area (Å²) in [6.45, 7) is 5.40. The molecule has 1 saturated heterocycles. The Kier molecular flexibility index (Phi) is 5.27. The van der Waals surface area contributed by atoms with E-state index < -0.39 is 0 Å². The van der Waals surface area contributed by atoms with Crippen molar-refractivity contribution < 1.29 is 9.59 Å². The van der Waals surface area contributed by atoms with Crippen LogP contribution >= 0.6 is 0 Å². The molecule has 192 valence electrons. The Labute approximate surface area is 218 Å². The van der Waals surface area contributed by atoms with Crippen molar-refractivity contribution in [2.24, 2.45) is 0 Å². The van der Waals surface area contributed by atoms with E-state index in [1.165, 1.54) is 6.42 Å². The third-order valence-corrected chi connectivity index (χ3v) is 7.69. The molecule has 10 heteroatoms. The number of fused-ring (bicyclic) bond motifs is 3. The standard InChI is InChI=1S/C28H28N8O2/c1-18-16-34-9-10-35(17-25(34)32-18)27(37)20-11-21-22(14-30-26(21)29-13-20)19-5-8-36-24(12-19)23(15-31-36)28(38)33-6-3-2-4-7-33/h5,8,11-16H,2-4,6-7,9-10,17H2,1H3,(H,29,30). The normalized spacial score (nSPS) is 15.8. The van der Waals surface area contributed by atoms with Gasteiger partial charge in [0, 0.05) is 61.9 Å². The second-order valence-electron chi connectivity index (χ2n) is 10.2. The molecular formula is C28H28N8O2. The van der Waals surface area contributed by atoms with Gasteiger partial charge in [-0.3, -0.25) is 9.59 Å². The van der Waals surface area contributed by atoms with Gasteiger partial charge in [-0.2, -0.15) is 5.10 Å². The SMILES string of the molecule is Cc1cn2c(n1)CN(C(=O)c1cnc3[nH]cc(-c4ccn5ncc(C(=O)N6CCCCC6)c5c4)c3c1)CC2. The van der Waals surface area contributed by atoms with Crippen LogP contribution in [0.5, 0.6) is 0 Å². The monoisotopic (exact) mass is 508 g/mol. The lowest BCUT2D eigenvalue weighted by Crippen LogP contribution is -2.38. The van der Waals surface area contributed by atoms with Gasteiger partial charge in [-0.25, -0.2) is 14.5 Å². The number of aromatic amines is 1. The number of H-pyrrole nitrogens is 1. The highest BCUT2D eigenvalue weighted by Crippen LogP contribution is 2.30. The summed E-state index contributed by atoms with van der Waals surface area (Å²) in [6, 6.07) is 5.87. The summed E-state index contributed by atoms with van der Waals surface area (Å²) in [5.41, 5.74) is 5.45. The Hall–Kier alpha value is -4.47. The van der Waals surface area contributed by atoms with E-state index in [0.717, 1.165) is 66.0 Å². The summed E-state index contributed by atoms with van der Waals surface area (Å²) in [5, 5.41) is 5.28. The predicted octanol–water partition coefficient (Wildman–Crippen LogP) is 3.66. The molecule has 0 spiro atoms. The van der Waals surface area contributed by atoms with E-state index in [1.54, 1.807) is 16.9 Å². The molecule has 0 aliphatic carbocycles. The van der Waals surface area contributed by atoms with E-state index in [1.807, 2.05) is 53.5 Å². The zero-order chi connectivity index (χ0) is 25.8. The fourth-order valence-corrected chi connectivity index (χ4v) is 5.69. The molecule has 7 rings (SSSR count). The number of imidazole rings is 1. The van der Waals surface area contributed by atoms with Crippen molar-refractivity contribution in [2.45, 2.75) is 39.3 Å². The molecule has 1 N–H and O–H groups in total. The fourth-order valence-electron chi connectivity index (χ4n) is 5.69. The van der Waals surface area contributed by atoms with Crippen molar-refractivity contribution in [3.05, 3.63) is 71.8 Å². The molecule has 0 radical (unpaired) electrons. The van der Waals surface area contributed by atoms with E-state index in [4.69, 9.17) is 0 Å². The lowest BCUT2D eigenvalue weighted by atomic mass is 10.0. The van der Waals surface area contributed by atoms with Gasteiger partial charge in [0.1, 0.15) is 11.5 Å². The van der Waals surface area contributed by atoms with Crippen LogP contribution in [0.4, 0.5) is 0 Å². The Morgan fingerprint density at radius 2 is 1.84 bits per heavy atom. The van der Waals surface area contributed by atoms with E-state index in [-0.39, 0.29) is 11.8 Å². The molecule has 0 atom stereocenters. The van der Waals surface area contributed by atoms with Crippen molar-refractivity contribution in [1.29, 1.82) is 0 Å². The second-order valence-corrected chi connectivity index (χ2v) is 10.2. The van der Waals surface area contributed by atoms with Crippen LogP contribution in [0.3, 0.4) is 0 Å². The molecular weight excluding hydrogens is 480 g/mol. The van der Waals surface area contributed by atoms with Gasteiger partial charge < -0.3 is 19.4 Å². The number of nitrogens with one attached hydrogen (secondary N) is 1. The number of nitrogens with zero attached hydrogens (tertiary/aromatic N) is 7. The van der Waals surface area contributed by atoms with Crippen molar-refractivity contribution in [2.75, 3.05) is 19.6 Å². The van der Waals surface area contributed by atoms with Crippen LogP contribution in [-0.4, -0.2) is 70.4 Å². The number of aryl methyl sites for hydroxylation is 1. The van der Waals surface area contributed by atoms with Gasteiger partial charge in [0.2, 0.25) is 0 Å². The Morgan fingerprint density at radius 1 is 0.974 bits per heavy atom. The number of carbonyl (C=O) groups excluding carboxylic acids is 2. The number of carbonyl (C=O) groups is 2. The predicted molar refractivity (Wildman–Crippen MR) is 142 cm³/mol. The molecule has 0 aromatic carbocycles. The number of hydrogen-bond donors (Lipinski definition) is 1. The van der Waals surface area contributed by atoms with Crippen LogP contribution in [-0.2, 0) is 13.1 Å². The summed E-state index contributed by atoms with van der Waals surface area (Å²) in [5.74, 6) is 0.879. The quantitative estimate of drug-likeness (QED) is 0.401. The lowest BCUT2D eigenvalue weighted by Gasteiger charge is -2.27. The molecule has 0 bridgehead atoms. The number of amides is 2. The maximum absolute atomic E-state index is 13.4. The van der Waals surface area contributed by atoms with E-state index in [9.17, 15) is 9.59 Å². The zero-order valence-corrected chi connectivity index (χ0v) is 21.2. The average Bonchev–Trinajstić information content (AvgIpc) is 3.67. The summed E-state index contributed by atoms with van der Waals surface area (Å²) >= 11 is 0. The topological polar surface area (TPSA) is 104 Å². The Bertz CT molecular complexity index is 1700. The molecule has 2 aliphatic rings. The van der Waals surface area contributed by atoms with Gasteiger partial charge in [-0.05, 0) is 49.9 Å². The minimum Gasteiger partial charge on any atom is -0.346 e. The van der Waals surface area contributed by atoms with Gasteiger partial charge in [-0.1, -0.05) is 0 Å². The smallest absolute Gasteiger partial charge is 0.257 e. The van der Waals surface area contributed by atoms with Crippen molar-refractivity contribution >= 4 is 28.4 Å². The Balaban J connectivity index is 1.22. The number of hydrogen-bond acceptors (Lipinski definition) is 5. The molecule has 2 aliphatic heterocycles. The van der Waals surface area contributed by atoms with Crippen molar-refractivity contribution in [1.82, 2.24) is 38.9 Å². The van der Waals surface area contributed by atoms with Gasteiger partial charge >= 0.3 is 0 Å². The number of aromatic nitrogens is 6. The first-order chi connectivity index (χ1) is 18.5. The summed E-state index contributed by atoms with van der Waals surface area (Å²) < 4.78 is 3.85. The van der Waals surface area contributed by atoms with Crippen LogP contribution in [0.2, 0.25) is 0 Å². The minimum atomic E-state index is -0.0564. The van der Waals surface area contributed by atoms with Gasteiger partial charge in [-0.15, -0.1) is 0 Å². The van der Waals surface area contributed by atoms with Crippen LogP contribution < -0.4 is 0 Å². The molecule has 1 fully saturated rings. The third kappa shape index (κ3) is 3.75. The molecule has 0 saturated carbocycles. The van der Waals surface area contributed by atoms with Crippen LogP contribution in [0.15, 0.2) is 49.2 Å². The summed E-state index contributed by atoms with van der Waals surface area (Å²) in [4.78, 5) is 42.8. The van der Waals surface area contributed by atoms with Gasteiger partial charge in [0.05, 0.1) is 35.1 Å². The number of rotatable bonds is 3. The van der Waals surface area contributed by atoms with E-state index in [0.29, 0.717) is 29.9 Å². The number of pyridine rings is 2. The second kappa shape index (κ2) is 8.83. The molecule has 5 aromatic rings. The summed E-state index contributed by atoms with van der Waals surface area (Å²) in [6.07, 6.45) is 12.3. The Morgan fingerprint density at radius 3 is 2.71 bits per heavy atom. The zero-order valence-electron chi connectivity index (χ0n) is 21.2. The highest BCUT2D eigenvalue weighted by molar-refractivity contribution is 6.03. The van der Waals surface area contributed by atoms with Crippen LogP contribution in [0, 0.1) is 6.92 Å². The summed E-state index contributed by atoms with van der Waals surface area (Å²) in [7, 11) is 0.